The van der Waals surface area contributed by atoms with Crippen LogP contribution in [0.25, 0.3) is 0 Å². The highest BCUT2D eigenvalue weighted by atomic mass is 19.4. The maximum atomic E-state index is 13.0. The molecule has 0 fully saturated rings. The highest BCUT2D eigenvalue weighted by molar-refractivity contribution is 5.41. The van der Waals surface area contributed by atoms with Crippen LogP contribution in [0.5, 0.6) is 0 Å². The first-order valence-electron chi connectivity index (χ1n) is 7.48. The summed E-state index contributed by atoms with van der Waals surface area (Å²) in [5.41, 5.74) is 1.38. The Bertz CT molecular complexity index is 795. The third-order valence-corrected chi connectivity index (χ3v) is 3.63. The molecule has 0 aliphatic rings. The Balaban J connectivity index is 1.66. The molecule has 1 heterocycles. The minimum Gasteiger partial charge on any atom is -0.378 e. The van der Waals surface area contributed by atoms with Gasteiger partial charge in [0.2, 0.25) is 0 Å². The van der Waals surface area contributed by atoms with Gasteiger partial charge >= 0.3 is 6.18 Å². The molecule has 24 heavy (non-hydrogen) atoms. The van der Waals surface area contributed by atoms with Gasteiger partial charge in [-0.25, -0.2) is 0 Å². The van der Waals surface area contributed by atoms with E-state index >= 15 is 0 Å². The fourth-order valence-corrected chi connectivity index (χ4v) is 2.46. The monoisotopic (exact) mass is 331 g/mol. The number of aromatic nitrogens is 2. The van der Waals surface area contributed by atoms with Crippen LogP contribution in [0.2, 0.25) is 0 Å². The molecule has 0 saturated heterocycles. The topological polar surface area (TPSA) is 29.9 Å². The van der Waals surface area contributed by atoms with Crippen LogP contribution in [0.4, 0.5) is 18.9 Å². The standard InChI is InChI=1S/C18H16F3N3/c19-18(20,21)17-9-5-4-8-15(17)10-22-16-11-23-24(13-16)12-14-6-2-1-3-7-14/h1-9,11,13,22H,10,12H2. The summed E-state index contributed by atoms with van der Waals surface area (Å²) in [6.07, 6.45) is -0.960. The predicted molar refractivity (Wildman–Crippen MR) is 86.5 cm³/mol. The average Bonchev–Trinajstić information content (AvgIpc) is 3.01. The van der Waals surface area contributed by atoms with Gasteiger partial charge in [0.25, 0.3) is 0 Å². The summed E-state index contributed by atoms with van der Waals surface area (Å²) >= 11 is 0. The molecule has 2 aromatic carbocycles. The molecule has 0 atom stereocenters. The van der Waals surface area contributed by atoms with Gasteiger partial charge in [-0.05, 0) is 17.2 Å². The Morgan fingerprint density at radius 3 is 2.42 bits per heavy atom. The molecule has 6 heteroatoms. The number of benzene rings is 2. The largest absolute Gasteiger partial charge is 0.416 e. The van der Waals surface area contributed by atoms with Crippen LogP contribution in [-0.4, -0.2) is 9.78 Å². The highest BCUT2D eigenvalue weighted by Gasteiger charge is 2.32. The third-order valence-electron chi connectivity index (χ3n) is 3.63. The van der Waals surface area contributed by atoms with Crippen molar-refractivity contribution in [2.24, 2.45) is 0 Å². The zero-order valence-corrected chi connectivity index (χ0v) is 12.8. The van der Waals surface area contributed by atoms with E-state index in [0.29, 0.717) is 12.2 Å². The Labute approximate surface area is 137 Å². The van der Waals surface area contributed by atoms with Gasteiger partial charge in [-0.2, -0.15) is 18.3 Å². The van der Waals surface area contributed by atoms with Crippen LogP contribution >= 0.6 is 0 Å². The van der Waals surface area contributed by atoms with E-state index in [1.54, 1.807) is 23.1 Å². The first-order valence-corrected chi connectivity index (χ1v) is 7.48. The van der Waals surface area contributed by atoms with Crippen LogP contribution in [0.1, 0.15) is 16.7 Å². The highest BCUT2D eigenvalue weighted by Crippen LogP contribution is 2.32. The van der Waals surface area contributed by atoms with Crippen molar-refractivity contribution in [3.05, 3.63) is 83.7 Å². The van der Waals surface area contributed by atoms with Crippen LogP contribution in [-0.2, 0) is 19.3 Å². The maximum Gasteiger partial charge on any atom is 0.416 e. The summed E-state index contributed by atoms with van der Waals surface area (Å²) in [5, 5.41) is 7.22. The summed E-state index contributed by atoms with van der Waals surface area (Å²) in [7, 11) is 0. The lowest BCUT2D eigenvalue weighted by molar-refractivity contribution is -0.138. The third kappa shape index (κ3) is 3.95. The molecule has 0 bridgehead atoms. The SMILES string of the molecule is FC(F)(F)c1ccccc1CNc1cnn(Cc2ccccc2)c1. The van der Waals surface area contributed by atoms with Crippen molar-refractivity contribution in [1.29, 1.82) is 0 Å². The van der Waals surface area contributed by atoms with Crippen molar-refractivity contribution >= 4 is 5.69 Å². The molecule has 0 spiro atoms. The number of nitrogens with zero attached hydrogens (tertiary/aromatic N) is 2. The molecule has 0 aliphatic heterocycles. The summed E-state index contributed by atoms with van der Waals surface area (Å²) < 4.78 is 40.7. The van der Waals surface area contributed by atoms with Gasteiger partial charge in [0.15, 0.2) is 0 Å². The van der Waals surface area contributed by atoms with Crippen LogP contribution in [0.15, 0.2) is 67.0 Å². The van der Waals surface area contributed by atoms with Crippen LogP contribution < -0.4 is 5.32 Å². The second-order valence-electron chi connectivity index (χ2n) is 5.42. The molecule has 0 radical (unpaired) electrons. The molecule has 1 aromatic heterocycles. The predicted octanol–water partition coefficient (Wildman–Crippen LogP) is 4.56. The molecule has 0 unspecified atom stereocenters. The van der Waals surface area contributed by atoms with E-state index in [2.05, 4.69) is 10.4 Å². The minimum atomic E-state index is -4.35. The van der Waals surface area contributed by atoms with E-state index < -0.39 is 11.7 Å². The van der Waals surface area contributed by atoms with Crippen molar-refractivity contribution in [3.63, 3.8) is 0 Å². The molecule has 3 rings (SSSR count). The Morgan fingerprint density at radius 1 is 0.958 bits per heavy atom. The summed E-state index contributed by atoms with van der Waals surface area (Å²) in [4.78, 5) is 0. The van der Waals surface area contributed by atoms with Gasteiger partial charge in [-0.1, -0.05) is 48.5 Å². The van der Waals surface area contributed by atoms with E-state index in [-0.39, 0.29) is 12.1 Å². The minimum absolute atomic E-state index is 0.0900. The second-order valence-corrected chi connectivity index (χ2v) is 5.42. The number of hydrogen-bond donors (Lipinski definition) is 1. The summed E-state index contributed by atoms with van der Waals surface area (Å²) in [6, 6.07) is 15.4. The number of nitrogens with one attached hydrogen (secondary N) is 1. The quantitative estimate of drug-likeness (QED) is 0.743. The van der Waals surface area contributed by atoms with Crippen molar-refractivity contribution < 1.29 is 13.2 Å². The van der Waals surface area contributed by atoms with E-state index in [9.17, 15) is 13.2 Å². The Morgan fingerprint density at radius 2 is 1.67 bits per heavy atom. The average molecular weight is 331 g/mol. The maximum absolute atomic E-state index is 13.0. The molecular weight excluding hydrogens is 315 g/mol. The van der Waals surface area contributed by atoms with Gasteiger partial charge in [0.1, 0.15) is 0 Å². The molecule has 1 N–H and O–H groups in total. The molecule has 0 saturated carbocycles. The molecular formula is C18H16F3N3. The molecule has 0 amide bonds. The van der Waals surface area contributed by atoms with Crippen molar-refractivity contribution in [2.45, 2.75) is 19.3 Å². The lowest BCUT2D eigenvalue weighted by Crippen LogP contribution is -2.11. The first-order chi connectivity index (χ1) is 11.5. The normalized spacial score (nSPS) is 11.5. The summed E-state index contributed by atoms with van der Waals surface area (Å²) in [6.45, 7) is 0.703. The van der Waals surface area contributed by atoms with Crippen LogP contribution in [0, 0.1) is 0 Å². The Hall–Kier alpha value is -2.76. The zero-order valence-electron chi connectivity index (χ0n) is 12.8. The van der Waals surface area contributed by atoms with Crippen molar-refractivity contribution in [1.82, 2.24) is 9.78 Å². The molecule has 3 nitrogen and oxygen atoms in total. The van der Waals surface area contributed by atoms with Crippen LogP contribution in [0.3, 0.4) is 0 Å². The first kappa shape index (κ1) is 16.1. The van der Waals surface area contributed by atoms with Gasteiger partial charge < -0.3 is 5.32 Å². The second kappa shape index (κ2) is 6.78. The number of halogens is 3. The van der Waals surface area contributed by atoms with Gasteiger partial charge in [0.05, 0.1) is 24.0 Å². The van der Waals surface area contributed by atoms with Gasteiger partial charge in [0, 0.05) is 12.7 Å². The number of alkyl halides is 3. The van der Waals surface area contributed by atoms with E-state index in [0.717, 1.165) is 11.6 Å². The van der Waals surface area contributed by atoms with E-state index in [1.165, 1.54) is 12.1 Å². The van der Waals surface area contributed by atoms with Crippen molar-refractivity contribution in [2.75, 3.05) is 5.32 Å². The number of rotatable bonds is 5. The van der Waals surface area contributed by atoms with Crippen molar-refractivity contribution in [3.8, 4) is 0 Å². The van der Waals surface area contributed by atoms with Gasteiger partial charge in [-0.15, -0.1) is 0 Å². The van der Waals surface area contributed by atoms with E-state index in [4.69, 9.17) is 0 Å². The smallest absolute Gasteiger partial charge is 0.378 e. The number of hydrogen-bond acceptors (Lipinski definition) is 2. The van der Waals surface area contributed by atoms with Gasteiger partial charge in [-0.3, -0.25) is 4.68 Å². The van der Waals surface area contributed by atoms with E-state index in [1.807, 2.05) is 30.3 Å². The zero-order chi connectivity index (χ0) is 17.0. The Kier molecular flexibility index (Phi) is 4.55. The fourth-order valence-electron chi connectivity index (χ4n) is 2.46. The molecule has 0 aliphatic carbocycles. The lowest BCUT2D eigenvalue weighted by atomic mass is 10.1. The lowest BCUT2D eigenvalue weighted by Gasteiger charge is -2.13. The summed E-state index contributed by atoms with van der Waals surface area (Å²) in [5.74, 6) is 0. The molecule has 124 valence electrons. The number of anilines is 1. The molecule has 3 aromatic rings. The fraction of sp³-hybridized carbons (Fsp3) is 0.167.